The lowest BCUT2D eigenvalue weighted by Crippen LogP contribution is -2.53. The topological polar surface area (TPSA) is 82.2 Å². The number of piperazine rings is 1. The molecule has 4 rings (SSSR count). The monoisotopic (exact) mass is 564 g/mol. The van der Waals surface area contributed by atoms with Crippen LogP contribution in [0.4, 0.5) is 4.79 Å². The second-order valence-corrected chi connectivity index (χ2v) is 10.0. The zero-order valence-corrected chi connectivity index (χ0v) is 22.7. The van der Waals surface area contributed by atoms with E-state index in [0.29, 0.717) is 70.2 Å². The number of carbonyl (C=O) groups excluding carboxylic acids is 3. The fourth-order valence-corrected chi connectivity index (χ4v) is 5.11. The van der Waals surface area contributed by atoms with E-state index in [-0.39, 0.29) is 18.5 Å². The fraction of sp³-hybridized carbons (Fsp3) is 0.346. The average Bonchev–Trinajstić information content (AvgIpc) is 2.87. The molecule has 3 amide bonds. The normalized spacial score (nSPS) is 18.6. The molecule has 0 radical (unpaired) electrons. The minimum atomic E-state index is -0.796. The number of amides is 3. The van der Waals surface area contributed by atoms with Gasteiger partial charge in [0.15, 0.2) is 0 Å². The van der Waals surface area contributed by atoms with Crippen molar-refractivity contribution < 1.29 is 19.1 Å². The summed E-state index contributed by atoms with van der Waals surface area (Å²) in [5, 5.41) is 4.21. The molecule has 196 valence electrons. The minimum absolute atomic E-state index is 0.0608. The van der Waals surface area contributed by atoms with Crippen LogP contribution in [0.25, 0.3) is 0 Å². The Morgan fingerprint density at radius 1 is 1.00 bits per heavy atom. The second-order valence-electron chi connectivity index (χ2n) is 8.76. The predicted molar refractivity (Wildman–Crippen MR) is 143 cm³/mol. The Morgan fingerprint density at radius 3 is 2.27 bits per heavy atom. The van der Waals surface area contributed by atoms with Gasteiger partial charge in [-0.2, -0.15) is 0 Å². The highest BCUT2D eigenvalue weighted by Gasteiger charge is 2.38. The summed E-state index contributed by atoms with van der Waals surface area (Å²) in [5.74, 6) is -0.591. The highest BCUT2D eigenvalue weighted by molar-refractivity contribution is 6.35. The van der Waals surface area contributed by atoms with Crippen LogP contribution in [-0.4, -0.2) is 79.0 Å². The molecule has 1 fully saturated rings. The van der Waals surface area contributed by atoms with Gasteiger partial charge in [0.2, 0.25) is 0 Å². The third-order valence-corrected chi connectivity index (χ3v) is 7.28. The van der Waals surface area contributed by atoms with Crippen molar-refractivity contribution >= 4 is 52.7 Å². The lowest BCUT2D eigenvalue weighted by atomic mass is 9.94. The van der Waals surface area contributed by atoms with Crippen molar-refractivity contribution in [3.05, 3.63) is 79.9 Å². The van der Waals surface area contributed by atoms with Gasteiger partial charge in [-0.1, -0.05) is 40.9 Å². The van der Waals surface area contributed by atoms with E-state index in [1.165, 1.54) is 4.90 Å². The molecule has 37 heavy (non-hydrogen) atoms. The van der Waals surface area contributed by atoms with Gasteiger partial charge >= 0.3 is 12.0 Å². The molecule has 8 nitrogen and oxygen atoms in total. The number of urea groups is 1. The van der Waals surface area contributed by atoms with Crippen molar-refractivity contribution in [2.75, 3.05) is 46.4 Å². The largest absolute Gasteiger partial charge is 0.463 e. The maximum Gasteiger partial charge on any atom is 0.338 e. The van der Waals surface area contributed by atoms with Crippen molar-refractivity contribution in [2.45, 2.75) is 13.0 Å². The van der Waals surface area contributed by atoms with Gasteiger partial charge in [-0.25, -0.2) is 9.59 Å². The maximum atomic E-state index is 13.2. The number of halogens is 3. The van der Waals surface area contributed by atoms with Crippen molar-refractivity contribution in [3.8, 4) is 0 Å². The Labute approximate surface area is 230 Å². The molecule has 0 spiro atoms. The second kappa shape index (κ2) is 11.7. The summed E-state index contributed by atoms with van der Waals surface area (Å²) in [7, 11) is 1.61. The average molecular weight is 566 g/mol. The summed E-state index contributed by atoms with van der Waals surface area (Å²) in [6.07, 6.45) is 0. The van der Waals surface area contributed by atoms with Crippen LogP contribution in [0, 0.1) is 0 Å². The summed E-state index contributed by atoms with van der Waals surface area (Å²) in [5.41, 5.74) is 1.96. The minimum Gasteiger partial charge on any atom is -0.463 e. The zero-order chi connectivity index (χ0) is 26.7. The van der Waals surface area contributed by atoms with Gasteiger partial charge in [0, 0.05) is 66.1 Å². The number of ether oxygens (including phenoxy) is 1. The van der Waals surface area contributed by atoms with Gasteiger partial charge in [-0.3, -0.25) is 14.6 Å². The number of benzene rings is 2. The van der Waals surface area contributed by atoms with E-state index in [4.69, 9.17) is 39.5 Å². The van der Waals surface area contributed by atoms with Gasteiger partial charge in [-0.15, -0.1) is 0 Å². The number of rotatable bonds is 6. The summed E-state index contributed by atoms with van der Waals surface area (Å²) < 4.78 is 5.38. The van der Waals surface area contributed by atoms with E-state index in [1.54, 1.807) is 61.3 Å². The number of likely N-dealkylation sites (N-methyl/N-ethyl adjacent to an activating group) is 1. The van der Waals surface area contributed by atoms with Crippen molar-refractivity contribution in [1.82, 2.24) is 20.0 Å². The fourth-order valence-electron chi connectivity index (χ4n) is 4.46. The Morgan fingerprint density at radius 2 is 1.65 bits per heavy atom. The quantitative estimate of drug-likeness (QED) is 0.517. The molecular formula is C26H27Cl3N4O4. The lowest BCUT2D eigenvalue weighted by molar-refractivity contribution is -0.139. The SMILES string of the molecule is CCOC(=O)C1=C(CN2CCN(C(=O)c3ccc(Cl)cc3)CC2)N(C)C(=O)N[C@H]1c1ccc(Cl)cc1Cl. The smallest absolute Gasteiger partial charge is 0.338 e. The molecule has 2 aromatic carbocycles. The first-order chi connectivity index (χ1) is 17.7. The molecule has 0 aromatic heterocycles. The van der Waals surface area contributed by atoms with Crippen molar-refractivity contribution in [3.63, 3.8) is 0 Å². The molecule has 0 saturated carbocycles. The number of nitrogens with zero attached hydrogens (tertiary/aromatic N) is 3. The number of hydrogen-bond donors (Lipinski definition) is 1. The highest BCUT2D eigenvalue weighted by Crippen LogP contribution is 2.36. The molecule has 0 unspecified atom stereocenters. The van der Waals surface area contributed by atoms with E-state index >= 15 is 0 Å². The predicted octanol–water partition coefficient (Wildman–Crippen LogP) is 4.62. The number of esters is 1. The lowest BCUT2D eigenvalue weighted by Gasteiger charge is -2.39. The van der Waals surface area contributed by atoms with Gasteiger partial charge in [-0.05, 0) is 48.9 Å². The van der Waals surface area contributed by atoms with Crippen LogP contribution in [0.3, 0.4) is 0 Å². The summed E-state index contributed by atoms with van der Waals surface area (Å²) in [6.45, 7) is 4.38. The maximum absolute atomic E-state index is 13.2. The Kier molecular flexibility index (Phi) is 8.64. The first kappa shape index (κ1) is 27.3. The molecule has 2 aliphatic heterocycles. The number of carbonyl (C=O) groups is 3. The molecule has 1 N–H and O–H groups in total. The Balaban J connectivity index is 1.58. The van der Waals surface area contributed by atoms with Crippen molar-refractivity contribution in [1.29, 1.82) is 0 Å². The first-order valence-corrected chi connectivity index (χ1v) is 13.0. The van der Waals surface area contributed by atoms with Gasteiger partial charge in [0.25, 0.3) is 5.91 Å². The molecular weight excluding hydrogens is 539 g/mol. The third kappa shape index (κ3) is 6.04. The van der Waals surface area contributed by atoms with Crippen LogP contribution in [0.1, 0.15) is 28.9 Å². The Bertz CT molecular complexity index is 1230. The number of hydrogen-bond acceptors (Lipinski definition) is 5. The van der Waals surface area contributed by atoms with Gasteiger partial charge < -0.3 is 15.0 Å². The van der Waals surface area contributed by atoms with Crippen LogP contribution in [0.2, 0.25) is 15.1 Å². The summed E-state index contributed by atoms with van der Waals surface area (Å²) >= 11 is 18.5. The van der Waals surface area contributed by atoms with Crippen LogP contribution >= 0.6 is 34.8 Å². The molecule has 2 heterocycles. The van der Waals surface area contributed by atoms with Crippen LogP contribution in [0.15, 0.2) is 53.7 Å². The van der Waals surface area contributed by atoms with E-state index < -0.39 is 12.0 Å². The standard InChI is InChI=1S/C26H27Cl3N4O4/c1-3-37-25(35)22-21(31(2)26(36)30-23(22)19-9-8-18(28)14-20(19)29)15-32-10-12-33(13-11-32)24(34)16-4-6-17(27)7-5-16/h4-9,14,23H,3,10-13,15H2,1-2H3,(H,30,36)/t23-/m0/s1. The van der Waals surface area contributed by atoms with Gasteiger partial charge in [0.1, 0.15) is 0 Å². The van der Waals surface area contributed by atoms with E-state index in [2.05, 4.69) is 10.2 Å². The van der Waals surface area contributed by atoms with Crippen LogP contribution in [-0.2, 0) is 9.53 Å². The molecule has 0 bridgehead atoms. The zero-order valence-electron chi connectivity index (χ0n) is 20.5. The molecule has 0 aliphatic carbocycles. The van der Waals surface area contributed by atoms with E-state index in [9.17, 15) is 14.4 Å². The van der Waals surface area contributed by atoms with E-state index in [0.717, 1.165) is 0 Å². The van der Waals surface area contributed by atoms with Crippen LogP contribution < -0.4 is 5.32 Å². The molecule has 1 atom stereocenters. The molecule has 2 aromatic rings. The first-order valence-electron chi connectivity index (χ1n) is 11.9. The highest BCUT2D eigenvalue weighted by atomic mass is 35.5. The van der Waals surface area contributed by atoms with Crippen LogP contribution in [0.5, 0.6) is 0 Å². The summed E-state index contributed by atoms with van der Waals surface area (Å²) in [4.78, 5) is 44.3. The molecule has 2 aliphatic rings. The van der Waals surface area contributed by atoms with E-state index in [1.807, 2.05) is 0 Å². The third-order valence-electron chi connectivity index (χ3n) is 6.47. The molecule has 11 heteroatoms. The molecule has 1 saturated heterocycles. The van der Waals surface area contributed by atoms with Crippen molar-refractivity contribution in [2.24, 2.45) is 0 Å². The number of nitrogens with one attached hydrogen (secondary N) is 1. The Hall–Kier alpha value is -2.78. The summed E-state index contributed by atoms with van der Waals surface area (Å²) in [6, 6.07) is 10.6. The van der Waals surface area contributed by atoms with Gasteiger partial charge in [0.05, 0.1) is 18.2 Å².